The predicted molar refractivity (Wildman–Crippen MR) is 174 cm³/mol. The summed E-state index contributed by atoms with van der Waals surface area (Å²) in [6, 6.07) is 31.9. The Morgan fingerprint density at radius 3 is 1.16 bits per heavy atom. The Balaban J connectivity index is 0.000000760. The Labute approximate surface area is 272 Å². The average Bonchev–Trinajstić information content (AvgIpc) is 3.08. The fraction of sp³-hybridized carbons (Fsp3) is 0.0588. The molecule has 0 aliphatic rings. The zero-order valence-electron chi connectivity index (χ0n) is 24.6. The molecule has 4 N–H and O–H groups in total. The van der Waals surface area contributed by atoms with Crippen LogP contribution in [0.3, 0.4) is 0 Å². The van der Waals surface area contributed by atoms with E-state index in [1.165, 1.54) is 36.7 Å². The van der Waals surface area contributed by atoms with E-state index in [0.717, 1.165) is 25.3 Å². The van der Waals surface area contributed by atoms with E-state index in [-0.39, 0.29) is 39.1 Å². The third kappa shape index (κ3) is 16.2. The van der Waals surface area contributed by atoms with Crippen molar-refractivity contribution in [2.24, 2.45) is 20.4 Å². The van der Waals surface area contributed by atoms with Crippen molar-refractivity contribution >= 4 is 36.4 Å². The van der Waals surface area contributed by atoms with Gasteiger partial charge in [-0.15, -0.1) is 0 Å². The summed E-state index contributed by atoms with van der Waals surface area (Å²) in [4.78, 5) is 0. The van der Waals surface area contributed by atoms with Gasteiger partial charge in [-0.2, -0.15) is 20.4 Å². The van der Waals surface area contributed by atoms with Crippen LogP contribution in [0.15, 0.2) is 142 Å². The Morgan fingerprint density at radius 2 is 0.822 bits per heavy atom. The van der Waals surface area contributed by atoms with E-state index in [2.05, 4.69) is 20.4 Å². The number of para-hydroxylation sites is 2. The molecule has 0 aliphatic heterocycles. The summed E-state index contributed by atoms with van der Waals surface area (Å²) in [5.74, 6) is -1.35. The van der Waals surface area contributed by atoms with Crippen LogP contribution >= 0.6 is 0 Å². The molecular formula is C34H34N4NiO6. The fourth-order valence-electron chi connectivity index (χ4n) is 3.10. The second-order valence-electron chi connectivity index (χ2n) is 7.91. The molecule has 0 heterocycles. The Bertz CT molecular complexity index is 1420. The van der Waals surface area contributed by atoms with Crippen LogP contribution in [0.2, 0.25) is 0 Å². The zero-order valence-corrected chi connectivity index (χ0v) is 25.6. The van der Waals surface area contributed by atoms with Crippen molar-refractivity contribution < 1.29 is 47.1 Å². The van der Waals surface area contributed by atoms with Crippen LogP contribution < -0.4 is 10.2 Å². The van der Waals surface area contributed by atoms with Gasteiger partial charge in [0, 0.05) is 49.6 Å². The van der Waals surface area contributed by atoms with Crippen LogP contribution in [0, 0.1) is 0 Å². The first-order valence-electron chi connectivity index (χ1n) is 13.0. The number of rotatable bonds is 8. The second kappa shape index (κ2) is 25.2. The maximum atomic E-state index is 11.6. The van der Waals surface area contributed by atoms with Crippen molar-refractivity contribution in [3.05, 3.63) is 144 Å². The second-order valence-corrected chi connectivity index (χ2v) is 7.91. The van der Waals surface area contributed by atoms with Gasteiger partial charge < -0.3 is 30.6 Å². The van der Waals surface area contributed by atoms with Crippen LogP contribution in [0.25, 0.3) is 12.2 Å². The van der Waals surface area contributed by atoms with E-state index in [0.29, 0.717) is 0 Å². The smallest absolute Gasteiger partial charge is 0.857 e. The van der Waals surface area contributed by atoms with Crippen molar-refractivity contribution in [1.82, 2.24) is 0 Å². The van der Waals surface area contributed by atoms with Gasteiger partial charge in [-0.25, -0.2) is 0 Å². The topological polar surface area (TPSA) is 176 Å². The van der Waals surface area contributed by atoms with E-state index in [4.69, 9.17) is 10.2 Å². The third-order valence-electron chi connectivity index (χ3n) is 5.05. The monoisotopic (exact) mass is 652 g/mol. The number of nitrogens with zero attached hydrogens (tertiary/aromatic N) is 4. The summed E-state index contributed by atoms with van der Waals surface area (Å²) in [6.07, 6.45) is 9.93. The minimum absolute atomic E-state index is 0. The van der Waals surface area contributed by atoms with Gasteiger partial charge in [-0.3, -0.25) is 0 Å². The van der Waals surface area contributed by atoms with Crippen molar-refractivity contribution in [1.29, 1.82) is 0 Å². The Morgan fingerprint density at radius 1 is 0.511 bits per heavy atom. The number of phenols is 2. The van der Waals surface area contributed by atoms with Gasteiger partial charge in [-0.1, -0.05) is 109 Å². The van der Waals surface area contributed by atoms with Crippen LogP contribution in [0.1, 0.15) is 22.3 Å². The first kappa shape index (κ1) is 39.7. The normalized spacial score (nSPS) is 11.2. The van der Waals surface area contributed by atoms with Crippen molar-refractivity contribution in [2.45, 2.75) is 0 Å². The zero-order chi connectivity index (χ0) is 32.4. The molecule has 4 rings (SSSR count). The number of aromatic hydroxyl groups is 2. The van der Waals surface area contributed by atoms with Gasteiger partial charge in [-0.05, 0) is 35.4 Å². The van der Waals surface area contributed by atoms with E-state index in [1.54, 1.807) is 36.4 Å². The molecule has 0 atom stereocenters. The molecule has 0 fully saturated rings. The van der Waals surface area contributed by atoms with Gasteiger partial charge in [0.25, 0.3) is 0 Å². The van der Waals surface area contributed by atoms with Gasteiger partial charge in [0.05, 0.1) is 0 Å². The van der Waals surface area contributed by atoms with Crippen molar-refractivity contribution in [3.63, 3.8) is 0 Å². The molecule has 10 nitrogen and oxygen atoms in total. The molecule has 11 heteroatoms. The molecule has 4 aromatic carbocycles. The first-order valence-corrected chi connectivity index (χ1v) is 13.0. The van der Waals surface area contributed by atoms with Crippen LogP contribution in [-0.2, 0) is 16.5 Å². The number of aliphatic hydroxyl groups excluding tert-OH is 2. The van der Waals surface area contributed by atoms with Crippen LogP contribution in [-0.4, -0.2) is 58.9 Å². The number of phenolic OH excluding ortho intramolecular Hbond substituents is 2. The molecule has 0 aliphatic carbocycles. The SMILES string of the molecule is CO.CO.[Ni+2].[O-]\C(=N/N=C/C=C/c1ccccc1)c1ccccc1O.[O-]\C(=N/N=C/C=C/c1ccccc1)c1ccccc1O. The number of hydrogen-bond acceptors (Lipinski definition) is 10. The average molecular weight is 653 g/mol. The van der Waals surface area contributed by atoms with E-state index in [1.807, 2.05) is 72.8 Å². The molecule has 0 radical (unpaired) electrons. The molecule has 0 saturated heterocycles. The first-order chi connectivity index (χ1) is 21.5. The number of aliphatic hydroxyl groups is 2. The van der Waals surface area contributed by atoms with Gasteiger partial charge in [0.1, 0.15) is 11.5 Å². The van der Waals surface area contributed by atoms with E-state index in [9.17, 15) is 20.4 Å². The van der Waals surface area contributed by atoms with Gasteiger partial charge >= 0.3 is 16.5 Å². The summed E-state index contributed by atoms with van der Waals surface area (Å²) in [5, 5.41) is 70.6. The molecule has 0 spiro atoms. The molecule has 0 saturated carbocycles. The molecule has 236 valence electrons. The molecule has 0 unspecified atom stereocenters. The van der Waals surface area contributed by atoms with Crippen molar-refractivity contribution in [2.75, 3.05) is 14.2 Å². The maximum Gasteiger partial charge on any atom is 2.00 e. The summed E-state index contributed by atoms with van der Waals surface area (Å²) >= 11 is 0. The number of benzene rings is 4. The van der Waals surface area contributed by atoms with Gasteiger partial charge in [0.2, 0.25) is 0 Å². The number of hydrogen-bond donors (Lipinski definition) is 4. The summed E-state index contributed by atoms with van der Waals surface area (Å²) in [6.45, 7) is 0. The van der Waals surface area contributed by atoms with Crippen molar-refractivity contribution in [3.8, 4) is 11.5 Å². The fourth-order valence-corrected chi connectivity index (χ4v) is 3.10. The summed E-state index contributed by atoms with van der Waals surface area (Å²) < 4.78 is 0. The largest absolute Gasteiger partial charge is 2.00 e. The van der Waals surface area contributed by atoms with Crippen LogP contribution in [0.4, 0.5) is 0 Å². The predicted octanol–water partition coefficient (Wildman–Crippen LogP) is 3.61. The summed E-state index contributed by atoms with van der Waals surface area (Å²) in [7, 11) is 2.00. The summed E-state index contributed by atoms with van der Waals surface area (Å²) in [5.41, 5.74) is 2.34. The van der Waals surface area contributed by atoms with E-state index < -0.39 is 11.8 Å². The molecule has 4 aromatic rings. The Kier molecular flexibility index (Phi) is 22.2. The number of allylic oxidation sites excluding steroid dienone is 2. The molecular weight excluding hydrogens is 619 g/mol. The molecule has 0 aromatic heterocycles. The third-order valence-corrected chi connectivity index (χ3v) is 5.05. The van der Waals surface area contributed by atoms with E-state index >= 15 is 0 Å². The quantitative estimate of drug-likeness (QED) is 0.0978. The standard InChI is InChI=1S/2C16H14N2O2.2CH4O.Ni/c2*19-15-11-5-4-10-14(15)16(20)18-17-12-6-9-13-7-2-1-3-8-13;2*1-2;/h2*1-12,19H,(H,18,20);2*2H,1H3;/q;;;;+2/p-2/b2*9-6+,17-12+;;;. The van der Waals surface area contributed by atoms with Gasteiger partial charge in [0.15, 0.2) is 0 Å². The Hall–Kier alpha value is -5.35. The molecule has 45 heavy (non-hydrogen) atoms. The minimum Gasteiger partial charge on any atom is -0.857 e. The maximum absolute atomic E-state index is 11.6. The molecule has 0 bridgehead atoms. The minimum atomic E-state index is -0.576. The van der Waals surface area contributed by atoms with Crippen LogP contribution in [0.5, 0.6) is 11.5 Å². The molecule has 0 amide bonds.